The molecule has 0 amide bonds. The lowest BCUT2D eigenvalue weighted by Crippen LogP contribution is -2.25. The van der Waals surface area contributed by atoms with Gasteiger partial charge in [-0.05, 0) is 18.9 Å². The molecule has 9 nitrogen and oxygen atoms in total. The standard InChI is InChI=1S/C15H18N2O7/c1-23-14-6-10(12(17(21)22)7-15(14)24-2)11(8-16(19)20)9-4-3-5-13(9)18/h6-7,9,11H,3-5,8H2,1-2H3. The van der Waals surface area contributed by atoms with E-state index in [2.05, 4.69) is 0 Å². The molecule has 1 aromatic rings. The Kier molecular flexibility index (Phi) is 5.32. The Morgan fingerprint density at radius 1 is 1.21 bits per heavy atom. The summed E-state index contributed by atoms with van der Waals surface area (Å²) < 4.78 is 10.2. The number of carbonyl (C=O) groups excluding carboxylic acids is 1. The number of ether oxygens (including phenoxy) is 2. The van der Waals surface area contributed by atoms with E-state index in [1.165, 1.54) is 26.4 Å². The Morgan fingerprint density at radius 2 is 1.83 bits per heavy atom. The van der Waals surface area contributed by atoms with Crippen LogP contribution in [0.25, 0.3) is 0 Å². The van der Waals surface area contributed by atoms with Gasteiger partial charge in [-0.2, -0.15) is 0 Å². The topological polar surface area (TPSA) is 122 Å². The van der Waals surface area contributed by atoms with Crippen molar-refractivity contribution in [3.63, 3.8) is 0 Å². The minimum absolute atomic E-state index is 0.0917. The fraction of sp³-hybridized carbons (Fsp3) is 0.533. The maximum atomic E-state index is 12.1. The van der Waals surface area contributed by atoms with Gasteiger partial charge in [-0.3, -0.25) is 25.0 Å². The molecule has 2 unspecified atom stereocenters. The molecule has 1 aromatic carbocycles. The summed E-state index contributed by atoms with van der Waals surface area (Å²) in [5.41, 5.74) is -0.172. The highest BCUT2D eigenvalue weighted by molar-refractivity contribution is 5.84. The predicted octanol–water partition coefficient (Wildman–Crippen LogP) is 2.34. The van der Waals surface area contributed by atoms with Gasteiger partial charge in [0.2, 0.25) is 6.54 Å². The lowest BCUT2D eigenvalue weighted by atomic mass is 9.83. The Labute approximate surface area is 137 Å². The number of carbonyl (C=O) groups is 1. The summed E-state index contributed by atoms with van der Waals surface area (Å²) in [7, 11) is 2.72. The summed E-state index contributed by atoms with van der Waals surface area (Å²) >= 11 is 0. The first-order valence-electron chi connectivity index (χ1n) is 7.43. The highest BCUT2D eigenvalue weighted by atomic mass is 16.6. The average Bonchev–Trinajstić information content (AvgIpc) is 2.96. The van der Waals surface area contributed by atoms with E-state index in [0.29, 0.717) is 19.3 Å². The number of nitro benzene ring substituents is 1. The number of benzene rings is 1. The van der Waals surface area contributed by atoms with Crippen molar-refractivity contribution >= 4 is 11.5 Å². The van der Waals surface area contributed by atoms with Crippen LogP contribution >= 0.6 is 0 Å². The molecule has 1 aliphatic rings. The second kappa shape index (κ2) is 7.24. The van der Waals surface area contributed by atoms with Crippen molar-refractivity contribution in [3.05, 3.63) is 37.9 Å². The molecule has 130 valence electrons. The van der Waals surface area contributed by atoms with E-state index in [1.54, 1.807) is 0 Å². The van der Waals surface area contributed by atoms with Crippen LogP contribution in [-0.2, 0) is 4.79 Å². The summed E-state index contributed by atoms with van der Waals surface area (Å²) in [6, 6.07) is 2.55. The molecular weight excluding hydrogens is 320 g/mol. The molecule has 1 fully saturated rings. The van der Waals surface area contributed by atoms with Crippen molar-refractivity contribution in [2.45, 2.75) is 25.2 Å². The van der Waals surface area contributed by atoms with Gasteiger partial charge in [0.05, 0.1) is 31.1 Å². The van der Waals surface area contributed by atoms with Crippen molar-refractivity contribution in [2.24, 2.45) is 5.92 Å². The molecule has 0 radical (unpaired) electrons. The van der Waals surface area contributed by atoms with Gasteiger partial charge in [-0.1, -0.05) is 0 Å². The molecule has 0 bridgehead atoms. The number of ketones is 1. The summed E-state index contributed by atoms with van der Waals surface area (Å²) in [5, 5.41) is 22.5. The smallest absolute Gasteiger partial charge is 0.277 e. The van der Waals surface area contributed by atoms with Gasteiger partial charge >= 0.3 is 0 Å². The van der Waals surface area contributed by atoms with Crippen molar-refractivity contribution in [2.75, 3.05) is 20.8 Å². The van der Waals surface area contributed by atoms with Crippen LogP contribution in [0.4, 0.5) is 5.69 Å². The Balaban J connectivity index is 2.60. The molecule has 2 rings (SSSR count). The monoisotopic (exact) mass is 338 g/mol. The number of methoxy groups -OCH3 is 2. The third-order valence-electron chi connectivity index (χ3n) is 4.31. The third kappa shape index (κ3) is 3.44. The number of hydrogen-bond acceptors (Lipinski definition) is 7. The van der Waals surface area contributed by atoms with Crippen molar-refractivity contribution in [1.82, 2.24) is 0 Å². The molecule has 0 spiro atoms. The number of rotatable bonds is 7. The van der Waals surface area contributed by atoms with E-state index >= 15 is 0 Å². The first-order chi connectivity index (χ1) is 11.4. The first-order valence-corrected chi connectivity index (χ1v) is 7.43. The third-order valence-corrected chi connectivity index (χ3v) is 4.31. The number of Topliss-reactive ketones (excluding diaryl/α,β-unsaturated/α-hetero) is 1. The zero-order valence-corrected chi connectivity index (χ0v) is 13.4. The first kappa shape index (κ1) is 17.6. The van der Waals surface area contributed by atoms with Gasteiger partial charge < -0.3 is 9.47 Å². The van der Waals surface area contributed by atoms with Crippen molar-refractivity contribution in [3.8, 4) is 11.5 Å². The van der Waals surface area contributed by atoms with Crippen LogP contribution in [0.5, 0.6) is 11.5 Å². The number of nitro groups is 2. The summed E-state index contributed by atoms with van der Waals surface area (Å²) in [5.74, 6) is -1.16. The average molecular weight is 338 g/mol. The van der Waals surface area contributed by atoms with Gasteiger partial charge in [0.25, 0.3) is 5.69 Å². The molecule has 1 aliphatic carbocycles. The van der Waals surface area contributed by atoms with Crippen LogP contribution in [-0.4, -0.2) is 36.4 Å². The van der Waals surface area contributed by atoms with Gasteiger partial charge in [-0.15, -0.1) is 0 Å². The van der Waals surface area contributed by atoms with Gasteiger partial charge in [-0.25, -0.2) is 0 Å². The molecule has 2 atom stereocenters. The van der Waals surface area contributed by atoms with Gasteiger partial charge in [0, 0.05) is 22.8 Å². The normalized spacial score (nSPS) is 18.2. The van der Waals surface area contributed by atoms with E-state index < -0.39 is 28.2 Å². The molecule has 0 heterocycles. The Hall–Kier alpha value is -2.71. The van der Waals surface area contributed by atoms with Crippen LogP contribution in [0.1, 0.15) is 30.7 Å². The second-order valence-electron chi connectivity index (χ2n) is 5.61. The molecule has 0 N–H and O–H groups in total. The van der Waals surface area contributed by atoms with E-state index in [-0.39, 0.29) is 28.5 Å². The fourth-order valence-corrected chi connectivity index (χ4v) is 3.21. The van der Waals surface area contributed by atoms with Crippen molar-refractivity contribution < 1.29 is 24.1 Å². The molecule has 0 aromatic heterocycles. The zero-order valence-electron chi connectivity index (χ0n) is 13.4. The molecule has 24 heavy (non-hydrogen) atoms. The predicted molar refractivity (Wildman–Crippen MR) is 83.2 cm³/mol. The SMILES string of the molecule is COc1cc(C(C[N+](=O)[O-])C2CCCC2=O)c([N+](=O)[O-])cc1OC. The van der Waals surface area contributed by atoms with Gasteiger partial charge in [0.15, 0.2) is 11.5 Å². The van der Waals surface area contributed by atoms with E-state index in [0.717, 1.165) is 0 Å². The van der Waals surface area contributed by atoms with Crippen LogP contribution in [0.2, 0.25) is 0 Å². The quantitative estimate of drug-likeness (QED) is 0.552. The second-order valence-corrected chi connectivity index (χ2v) is 5.61. The van der Waals surface area contributed by atoms with E-state index in [4.69, 9.17) is 9.47 Å². The minimum atomic E-state index is -0.866. The molecule has 1 saturated carbocycles. The largest absolute Gasteiger partial charge is 0.493 e. The lowest BCUT2D eigenvalue weighted by Gasteiger charge is -2.20. The highest BCUT2D eigenvalue weighted by Gasteiger charge is 2.40. The Bertz CT molecular complexity index is 674. The maximum absolute atomic E-state index is 12.1. The summed E-state index contributed by atoms with van der Waals surface area (Å²) in [6.45, 7) is -0.549. The number of hydrogen-bond donors (Lipinski definition) is 0. The lowest BCUT2D eigenvalue weighted by molar-refractivity contribution is -0.484. The van der Waals surface area contributed by atoms with E-state index in [1.807, 2.05) is 0 Å². The molecule has 9 heteroatoms. The zero-order chi connectivity index (χ0) is 17.9. The summed E-state index contributed by atoms with van der Waals surface area (Å²) in [4.78, 5) is 33.4. The highest BCUT2D eigenvalue weighted by Crippen LogP contribution is 2.43. The van der Waals surface area contributed by atoms with Crippen LogP contribution in [0.15, 0.2) is 12.1 Å². The molecule has 0 saturated heterocycles. The number of nitrogens with zero attached hydrogens (tertiary/aromatic N) is 2. The molecular formula is C15H18N2O7. The van der Waals surface area contributed by atoms with Crippen molar-refractivity contribution in [1.29, 1.82) is 0 Å². The maximum Gasteiger partial charge on any atom is 0.277 e. The van der Waals surface area contributed by atoms with Gasteiger partial charge in [0.1, 0.15) is 5.78 Å². The fourth-order valence-electron chi connectivity index (χ4n) is 3.21. The van der Waals surface area contributed by atoms with Crippen LogP contribution in [0.3, 0.4) is 0 Å². The van der Waals surface area contributed by atoms with Crippen LogP contribution < -0.4 is 9.47 Å². The minimum Gasteiger partial charge on any atom is -0.493 e. The van der Waals surface area contributed by atoms with Crippen LogP contribution in [0, 0.1) is 26.1 Å². The Morgan fingerprint density at radius 3 is 2.29 bits per heavy atom. The molecule has 0 aliphatic heterocycles. The van der Waals surface area contributed by atoms with E-state index in [9.17, 15) is 25.0 Å². The summed E-state index contributed by atoms with van der Waals surface area (Å²) in [6.07, 6.45) is 1.47.